The minimum absolute atomic E-state index is 0.154. The van der Waals surface area contributed by atoms with Crippen LogP contribution in [0.4, 0.5) is 5.69 Å². The van der Waals surface area contributed by atoms with Crippen molar-refractivity contribution >= 4 is 44.9 Å². The Morgan fingerprint density at radius 1 is 0.882 bits per heavy atom. The van der Waals surface area contributed by atoms with Crippen molar-refractivity contribution in [1.82, 2.24) is 5.32 Å². The molecule has 0 bridgehead atoms. The maximum atomic E-state index is 12.9. The van der Waals surface area contributed by atoms with E-state index in [9.17, 15) is 4.79 Å². The molecule has 0 saturated carbocycles. The molecule has 34 heavy (non-hydrogen) atoms. The smallest absolute Gasteiger partial charge is 0.261 e. The largest absolute Gasteiger partial charge is 0.493 e. The highest BCUT2D eigenvalue weighted by Crippen LogP contribution is 2.25. The van der Waals surface area contributed by atoms with Gasteiger partial charge in [-0.15, -0.1) is 0 Å². The molecule has 0 fully saturated rings. The van der Waals surface area contributed by atoms with Crippen molar-refractivity contribution in [3.63, 3.8) is 0 Å². The van der Waals surface area contributed by atoms with Crippen LogP contribution in [-0.4, -0.2) is 30.8 Å². The Balaban J connectivity index is 1.57. The summed E-state index contributed by atoms with van der Waals surface area (Å²) in [4.78, 5) is 12.9. The van der Waals surface area contributed by atoms with E-state index in [1.165, 1.54) is 0 Å². The first-order chi connectivity index (χ1) is 16.6. The Morgan fingerprint density at radius 2 is 1.59 bits per heavy atom. The highest BCUT2D eigenvalue weighted by Gasteiger charge is 2.16. The van der Waals surface area contributed by atoms with Gasteiger partial charge in [-0.1, -0.05) is 59.6 Å². The van der Waals surface area contributed by atoms with E-state index in [0.717, 1.165) is 23.1 Å². The highest BCUT2D eigenvalue weighted by molar-refractivity contribution is 9.10. The molecule has 3 rings (SSSR count). The predicted molar refractivity (Wildman–Crippen MR) is 142 cm³/mol. The van der Waals surface area contributed by atoms with Crippen LogP contribution in [0.3, 0.4) is 0 Å². The number of hydrogen-bond acceptors (Lipinski definition) is 5. The topological polar surface area (TPSA) is 68.8 Å². The Labute approximate surface area is 213 Å². The molecular weight excluding hydrogens is 516 g/mol. The van der Waals surface area contributed by atoms with Crippen LogP contribution < -0.4 is 24.8 Å². The first kappa shape index (κ1) is 25.5. The van der Waals surface area contributed by atoms with E-state index in [2.05, 4.69) is 33.5 Å². The van der Waals surface area contributed by atoms with E-state index < -0.39 is 0 Å². The molecule has 0 radical (unpaired) electrons. The number of unbranched alkanes of at least 4 members (excludes halogenated alkanes) is 1. The SMILES string of the molecule is CCCCOc1ccc(Br)cc1C(=O)NC(=S)Nc1ccccc1OCCOc1ccccc1. The van der Waals surface area contributed by atoms with E-state index in [-0.39, 0.29) is 11.0 Å². The molecule has 2 N–H and O–H groups in total. The Morgan fingerprint density at radius 3 is 2.38 bits per heavy atom. The Bertz CT molecular complexity index is 1100. The zero-order chi connectivity index (χ0) is 24.2. The quantitative estimate of drug-likeness (QED) is 0.221. The van der Waals surface area contributed by atoms with Gasteiger partial charge in [0.25, 0.3) is 5.91 Å². The standard InChI is InChI=1S/C26H27BrN2O4S/c1-2-3-15-32-23-14-13-19(27)18-21(23)25(30)29-26(34)28-22-11-7-8-12-24(22)33-17-16-31-20-9-5-4-6-10-20/h4-14,18H,2-3,15-17H2,1H3,(H2,28,29,30,34). The van der Waals surface area contributed by atoms with Crippen LogP contribution in [0.25, 0.3) is 0 Å². The lowest BCUT2D eigenvalue weighted by atomic mass is 10.2. The summed E-state index contributed by atoms with van der Waals surface area (Å²) in [6.07, 6.45) is 1.91. The molecule has 0 aliphatic rings. The van der Waals surface area contributed by atoms with Crippen LogP contribution >= 0.6 is 28.1 Å². The molecule has 0 aromatic heterocycles. The second-order valence-corrected chi connectivity index (χ2v) is 8.58. The minimum Gasteiger partial charge on any atom is -0.493 e. The van der Waals surface area contributed by atoms with Gasteiger partial charge in [-0.2, -0.15) is 0 Å². The van der Waals surface area contributed by atoms with Crippen molar-refractivity contribution in [3.05, 3.63) is 82.8 Å². The van der Waals surface area contributed by atoms with Crippen LogP contribution in [0.1, 0.15) is 30.1 Å². The monoisotopic (exact) mass is 542 g/mol. The van der Waals surface area contributed by atoms with Gasteiger partial charge < -0.3 is 19.5 Å². The fourth-order valence-corrected chi connectivity index (χ4v) is 3.54. The third-order valence-electron chi connectivity index (χ3n) is 4.66. The molecule has 3 aromatic carbocycles. The summed E-state index contributed by atoms with van der Waals surface area (Å²) in [5.41, 5.74) is 1.04. The van der Waals surface area contributed by atoms with Gasteiger partial charge in [-0.05, 0) is 61.1 Å². The maximum absolute atomic E-state index is 12.9. The van der Waals surface area contributed by atoms with E-state index in [1.54, 1.807) is 12.1 Å². The molecule has 1 amide bonds. The van der Waals surface area contributed by atoms with E-state index in [1.807, 2.05) is 60.7 Å². The number of amides is 1. The van der Waals surface area contributed by atoms with Crippen LogP contribution in [0.5, 0.6) is 17.2 Å². The number of para-hydroxylation sites is 3. The van der Waals surface area contributed by atoms with Crippen LogP contribution in [-0.2, 0) is 0 Å². The molecule has 0 spiro atoms. The number of hydrogen-bond donors (Lipinski definition) is 2. The molecule has 0 heterocycles. The summed E-state index contributed by atoms with van der Waals surface area (Å²) in [5.74, 6) is 1.54. The number of rotatable bonds is 11. The average Bonchev–Trinajstić information content (AvgIpc) is 2.84. The van der Waals surface area contributed by atoms with E-state index in [4.69, 9.17) is 26.4 Å². The number of anilines is 1. The zero-order valence-electron chi connectivity index (χ0n) is 18.9. The average molecular weight is 543 g/mol. The second-order valence-electron chi connectivity index (χ2n) is 7.26. The third-order valence-corrected chi connectivity index (χ3v) is 5.35. The molecule has 3 aromatic rings. The fraction of sp³-hybridized carbons (Fsp3) is 0.231. The fourth-order valence-electron chi connectivity index (χ4n) is 2.98. The molecular formula is C26H27BrN2O4S. The lowest BCUT2D eigenvalue weighted by Crippen LogP contribution is -2.34. The summed E-state index contributed by atoms with van der Waals surface area (Å²) in [7, 11) is 0. The summed E-state index contributed by atoms with van der Waals surface area (Å²) in [6, 6.07) is 22.2. The summed E-state index contributed by atoms with van der Waals surface area (Å²) in [5, 5.41) is 5.91. The highest BCUT2D eigenvalue weighted by atomic mass is 79.9. The van der Waals surface area contributed by atoms with Crippen LogP contribution in [0, 0.1) is 0 Å². The molecule has 0 aliphatic heterocycles. The Kier molecular flexibility index (Phi) is 10.2. The lowest BCUT2D eigenvalue weighted by Gasteiger charge is -2.16. The first-order valence-electron chi connectivity index (χ1n) is 11.0. The molecule has 8 heteroatoms. The maximum Gasteiger partial charge on any atom is 0.261 e. The van der Waals surface area contributed by atoms with Crippen molar-refractivity contribution < 1.29 is 19.0 Å². The van der Waals surface area contributed by atoms with Crippen LogP contribution in [0.2, 0.25) is 0 Å². The summed E-state index contributed by atoms with van der Waals surface area (Å²) in [6.45, 7) is 3.37. The van der Waals surface area contributed by atoms with Gasteiger partial charge in [0, 0.05) is 4.47 Å². The lowest BCUT2D eigenvalue weighted by molar-refractivity contribution is 0.0973. The van der Waals surface area contributed by atoms with Crippen molar-refractivity contribution in [2.45, 2.75) is 19.8 Å². The number of thiocarbonyl (C=S) groups is 1. The predicted octanol–water partition coefficient (Wildman–Crippen LogP) is 6.21. The van der Waals surface area contributed by atoms with Crippen LogP contribution in [0.15, 0.2) is 77.3 Å². The normalized spacial score (nSPS) is 10.3. The third kappa shape index (κ3) is 8.04. The molecule has 0 atom stereocenters. The summed E-state index contributed by atoms with van der Waals surface area (Å²) < 4.78 is 18.1. The zero-order valence-corrected chi connectivity index (χ0v) is 21.3. The van der Waals surface area contributed by atoms with Gasteiger partial charge in [0.1, 0.15) is 30.5 Å². The van der Waals surface area contributed by atoms with Gasteiger partial charge in [-0.3, -0.25) is 10.1 Å². The number of ether oxygens (including phenoxy) is 3. The molecule has 6 nitrogen and oxygen atoms in total. The first-order valence-corrected chi connectivity index (χ1v) is 12.2. The molecule has 0 unspecified atom stereocenters. The van der Waals surface area contributed by atoms with E-state index >= 15 is 0 Å². The number of benzene rings is 3. The Hall–Kier alpha value is -3.10. The van der Waals surface area contributed by atoms with Gasteiger partial charge >= 0.3 is 0 Å². The van der Waals surface area contributed by atoms with Crippen molar-refractivity contribution in [3.8, 4) is 17.2 Å². The molecule has 178 valence electrons. The van der Waals surface area contributed by atoms with Gasteiger partial charge in [0.15, 0.2) is 5.11 Å². The molecule has 0 aliphatic carbocycles. The van der Waals surface area contributed by atoms with Crippen molar-refractivity contribution in [2.75, 3.05) is 25.1 Å². The van der Waals surface area contributed by atoms with Crippen molar-refractivity contribution in [2.24, 2.45) is 0 Å². The van der Waals surface area contributed by atoms with Gasteiger partial charge in [0.2, 0.25) is 0 Å². The molecule has 0 saturated heterocycles. The van der Waals surface area contributed by atoms with Crippen molar-refractivity contribution in [1.29, 1.82) is 0 Å². The van der Waals surface area contributed by atoms with E-state index in [0.29, 0.717) is 42.6 Å². The minimum atomic E-state index is -0.361. The summed E-state index contributed by atoms with van der Waals surface area (Å²) >= 11 is 8.79. The number of carbonyl (C=O) groups excluding carboxylic acids is 1. The number of carbonyl (C=O) groups is 1. The number of nitrogens with one attached hydrogen (secondary N) is 2. The van der Waals surface area contributed by atoms with Gasteiger partial charge in [-0.25, -0.2) is 0 Å². The van der Waals surface area contributed by atoms with Gasteiger partial charge in [0.05, 0.1) is 17.9 Å². The number of halogens is 1. The second kappa shape index (κ2) is 13.6.